The summed E-state index contributed by atoms with van der Waals surface area (Å²) in [4.78, 5) is 10.3. The Bertz CT molecular complexity index is 459. The number of rotatable bonds is 5. The van der Waals surface area contributed by atoms with Gasteiger partial charge < -0.3 is 14.6 Å². The quantitative estimate of drug-likeness (QED) is 0.825. The Morgan fingerprint density at radius 2 is 1.94 bits per heavy atom. The van der Waals surface area contributed by atoms with Crippen molar-refractivity contribution in [3.63, 3.8) is 0 Å². The highest BCUT2D eigenvalue weighted by atomic mass is 19.3. The average molecular weight is 258 g/mol. The van der Waals surface area contributed by atoms with Crippen LogP contribution in [0.25, 0.3) is 0 Å². The van der Waals surface area contributed by atoms with Gasteiger partial charge in [-0.3, -0.25) is 4.79 Å². The Kier molecular flexibility index (Phi) is 3.36. The van der Waals surface area contributed by atoms with E-state index >= 15 is 0 Å². The molecule has 4 nitrogen and oxygen atoms in total. The first-order valence-corrected chi connectivity index (χ1v) is 5.57. The Balaban J connectivity index is 1.91. The molecule has 0 saturated heterocycles. The molecule has 0 aliphatic carbocycles. The van der Waals surface area contributed by atoms with Gasteiger partial charge in [-0.05, 0) is 37.0 Å². The molecule has 1 N–H and O–H groups in total. The summed E-state index contributed by atoms with van der Waals surface area (Å²) in [6, 6.07) is 4.60. The molecule has 2 rings (SSSR count). The van der Waals surface area contributed by atoms with Crippen LogP contribution in [0.4, 0.5) is 8.78 Å². The zero-order valence-electron chi connectivity index (χ0n) is 9.49. The van der Waals surface area contributed by atoms with E-state index in [1.807, 2.05) is 0 Å². The molecule has 0 spiro atoms. The SMILES string of the molecule is O=C(O)CCCCc1ccc2c(c1)OC(F)(F)O2. The van der Waals surface area contributed by atoms with Gasteiger partial charge in [0.25, 0.3) is 0 Å². The van der Waals surface area contributed by atoms with Gasteiger partial charge in [0.2, 0.25) is 0 Å². The van der Waals surface area contributed by atoms with Gasteiger partial charge in [0.15, 0.2) is 11.5 Å². The van der Waals surface area contributed by atoms with E-state index in [1.54, 1.807) is 6.07 Å². The molecule has 1 aromatic rings. The van der Waals surface area contributed by atoms with E-state index in [0.29, 0.717) is 19.3 Å². The second-order valence-corrected chi connectivity index (χ2v) is 4.05. The van der Waals surface area contributed by atoms with Crippen molar-refractivity contribution in [3.8, 4) is 11.5 Å². The molecule has 0 radical (unpaired) electrons. The van der Waals surface area contributed by atoms with Crippen molar-refractivity contribution < 1.29 is 28.2 Å². The lowest BCUT2D eigenvalue weighted by atomic mass is 10.1. The molecule has 1 aliphatic heterocycles. The van der Waals surface area contributed by atoms with E-state index in [4.69, 9.17) is 5.11 Å². The van der Waals surface area contributed by atoms with Gasteiger partial charge in [0.1, 0.15) is 0 Å². The molecule has 1 aromatic carbocycles. The van der Waals surface area contributed by atoms with Crippen molar-refractivity contribution in [1.82, 2.24) is 0 Å². The fourth-order valence-electron chi connectivity index (χ4n) is 1.75. The number of hydrogen-bond acceptors (Lipinski definition) is 3. The molecule has 18 heavy (non-hydrogen) atoms. The van der Waals surface area contributed by atoms with Gasteiger partial charge in [-0.15, -0.1) is 8.78 Å². The molecule has 0 aromatic heterocycles. The molecule has 0 amide bonds. The molecule has 1 aliphatic rings. The standard InChI is InChI=1S/C12H12F2O4/c13-12(14)17-9-6-5-8(7-10(9)18-12)3-1-2-4-11(15)16/h5-7H,1-4H2,(H,15,16). The Morgan fingerprint density at radius 1 is 1.22 bits per heavy atom. The highest BCUT2D eigenvalue weighted by Crippen LogP contribution is 2.41. The summed E-state index contributed by atoms with van der Waals surface area (Å²) >= 11 is 0. The molecule has 0 atom stereocenters. The smallest absolute Gasteiger partial charge is 0.481 e. The number of unbranched alkanes of at least 4 members (excludes halogenated alkanes) is 1. The molecular weight excluding hydrogens is 246 g/mol. The van der Waals surface area contributed by atoms with E-state index in [-0.39, 0.29) is 17.9 Å². The molecule has 1 heterocycles. The monoisotopic (exact) mass is 258 g/mol. The van der Waals surface area contributed by atoms with E-state index in [1.165, 1.54) is 12.1 Å². The lowest BCUT2D eigenvalue weighted by molar-refractivity contribution is -0.286. The predicted octanol–water partition coefficient (Wildman–Crippen LogP) is 2.81. The lowest BCUT2D eigenvalue weighted by Crippen LogP contribution is -2.25. The largest absolute Gasteiger partial charge is 0.586 e. The summed E-state index contributed by atoms with van der Waals surface area (Å²) in [6.45, 7) is 0. The van der Waals surface area contributed by atoms with Crippen LogP contribution in [0, 0.1) is 0 Å². The van der Waals surface area contributed by atoms with Crippen molar-refractivity contribution in [2.45, 2.75) is 32.0 Å². The summed E-state index contributed by atoms with van der Waals surface area (Å²) in [6.07, 6.45) is -1.62. The van der Waals surface area contributed by atoms with Gasteiger partial charge in [-0.25, -0.2) is 0 Å². The summed E-state index contributed by atoms with van der Waals surface area (Å²) in [5, 5.41) is 8.48. The fraction of sp³-hybridized carbons (Fsp3) is 0.417. The number of benzene rings is 1. The molecular formula is C12H12F2O4. The third kappa shape index (κ3) is 3.09. The van der Waals surface area contributed by atoms with Crippen LogP contribution in [0.15, 0.2) is 18.2 Å². The third-order valence-electron chi connectivity index (χ3n) is 2.57. The third-order valence-corrected chi connectivity index (χ3v) is 2.57. The highest BCUT2D eigenvalue weighted by molar-refractivity contribution is 5.66. The van der Waals surface area contributed by atoms with Crippen LogP contribution in [-0.4, -0.2) is 17.4 Å². The fourth-order valence-corrected chi connectivity index (χ4v) is 1.75. The molecule has 0 saturated carbocycles. The Morgan fingerprint density at radius 3 is 2.67 bits per heavy atom. The second kappa shape index (κ2) is 4.80. The second-order valence-electron chi connectivity index (χ2n) is 4.05. The van der Waals surface area contributed by atoms with Crippen LogP contribution in [0.2, 0.25) is 0 Å². The number of carboxylic acids is 1. The van der Waals surface area contributed by atoms with Crippen molar-refractivity contribution in [2.75, 3.05) is 0 Å². The van der Waals surface area contributed by atoms with Crippen molar-refractivity contribution >= 4 is 5.97 Å². The number of carboxylic acid groups (broad SMARTS) is 1. The maximum absolute atomic E-state index is 12.8. The first-order valence-electron chi connectivity index (χ1n) is 5.57. The molecule has 98 valence electrons. The van der Waals surface area contributed by atoms with E-state index in [0.717, 1.165) is 5.56 Å². The minimum absolute atomic E-state index is 0.0225. The van der Waals surface area contributed by atoms with Crippen LogP contribution in [-0.2, 0) is 11.2 Å². The van der Waals surface area contributed by atoms with Gasteiger partial charge >= 0.3 is 12.3 Å². The Labute approximate surface area is 102 Å². The summed E-state index contributed by atoms with van der Waals surface area (Å²) in [7, 11) is 0. The van der Waals surface area contributed by atoms with Crippen LogP contribution >= 0.6 is 0 Å². The van der Waals surface area contributed by atoms with Crippen LogP contribution < -0.4 is 9.47 Å². The molecule has 6 heteroatoms. The first kappa shape index (κ1) is 12.6. The predicted molar refractivity (Wildman–Crippen MR) is 57.8 cm³/mol. The summed E-state index contributed by atoms with van der Waals surface area (Å²) in [5.41, 5.74) is 0.820. The molecule has 0 unspecified atom stereocenters. The topological polar surface area (TPSA) is 55.8 Å². The zero-order chi connectivity index (χ0) is 13.2. The van der Waals surface area contributed by atoms with Crippen molar-refractivity contribution in [2.24, 2.45) is 0 Å². The Hall–Kier alpha value is -1.85. The average Bonchev–Trinajstić information content (AvgIpc) is 2.57. The highest BCUT2D eigenvalue weighted by Gasteiger charge is 2.43. The normalized spacial score (nSPS) is 15.7. The number of aryl methyl sites for hydroxylation is 1. The van der Waals surface area contributed by atoms with Gasteiger partial charge in [0, 0.05) is 6.42 Å². The van der Waals surface area contributed by atoms with E-state index in [2.05, 4.69) is 9.47 Å². The van der Waals surface area contributed by atoms with Crippen LogP contribution in [0.5, 0.6) is 11.5 Å². The number of ether oxygens (including phenoxy) is 2. The number of alkyl halides is 2. The van der Waals surface area contributed by atoms with Crippen LogP contribution in [0.3, 0.4) is 0 Å². The summed E-state index contributed by atoms with van der Waals surface area (Å²) < 4.78 is 34.1. The van der Waals surface area contributed by atoms with Gasteiger partial charge in [0.05, 0.1) is 0 Å². The van der Waals surface area contributed by atoms with Crippen LogP contribution in [0.1, 0.15) is 24.8 Å². The number of halogens is 2. The number of fused-ring (bicyclic) bond motifs is 1. The minimum Gasteiger partial charge on any atom is -0.481 e. The molecule has 0 bridgehead atoms. The minimum atomic E-state index is -3.59. The van der Waals surface area contributed by atoms with Crippen molar-refractivity contribution in [3.05, 3.63) is 23.8 Å². The zero-order valence-corrected chi connectivity index (χ0v) is 9.49. The van der Waals surface area contributed by atoms with E-state index in [9.17, 15) is 13.6 Å². The number of aliphatic carboxylic acids is 1. The lowest BCUT2D eigenvalue weighted by Gasteiger charge is -2.04. The maximum Gasteiger partial charge on any atom is 0.586 e. The van der Waals surface area contributed by atoms with E-state index < -0.39 is 12.3 Å². The molecule has 0 fully saturated rings. The summed E-state index contributed by atoms with van der Waals surface area (Å²) in [5.74, 6) is -0.787. The van der Waals surface area contributed by atoms with Gasteiger partial charge in [-0.1, -0.05) is 6.07 Å². The van der Waals surface area contributed by atoms with Crippen molar-refractivity contribution in [1.29, 1.82) is 0 Å². The number of hydrogen-bond donors (Lipinski definition) is 1. The maximum atomic E-state index is 12.8. The first-order chi connectivity index (χ1) is 8.46. The number of carbonyl (C=O) groups is 1. The van der Waals surface area contributed by atoms with Gasteiger partial charge in [-0.2, -0.15) is 0 Å².